The molecule has 0 heterocycles. The van der Waals surface area contributed by atoms with Crippen molar-refractivity contribution in [2.75, 3.05) is 13.7 Å². The minimum atomic E-state index is -0.478. The summed E-state index contributed by atoms with van der Waals surface area (Å²) in [4.78, 5) is 11.7. The second kappa shape index (κ2) is 8.70. The molecule has 2 N–H and O–H groups in total. The maximum Gasteiger partial charge on any atom is 0.277 e. The maximum absolute atomic E-state index is 11.7. The number of amides is 1. The predicted molar refractivity (Wildman–Crippen MR) is 94.7 cm³/mol. The van der Waals surface area contributed by atoms with Gasteiger partial charge < -0.3 is 14.6 Å². The van der Waals surface area contributed by atoms with Gasteiger partial charge in [-0.3, -0.25) is 4.79 Å². The van der Waals surface area contributed by atoms with Crippen LogP contribution >= 0.6 is 15.9 Å². The summed E-state index contributed by atoms with van der Waals surface area (Å²) < 4.78 is 11.0. The Hall–Kier alpha value is -3.05. The van der Waals surface area contributed by atoms with E-state index in [2.05, 4.69) is 26.5 Å². The number of carbonyl (C=O) groups excluding carboxylic acids is 1. The number of methoxy groups -OCH3 is 1. The molecule has 0 saturated heterocycles. The van der Waals surface area contributed by atoms with Crippen molar-refractivity contribution in [3.8, 4) is 23.3 Å². The molecule has 8 heteroatoms. The Labute approximate surface area is 152 Å². The summed E-state index contributed by atoms with van der Waals surface area (Å²) in [5, 5.41) is 22.3. The normalized spacial score (nSPS) is 10.3. The Bertz CT molecular complexity index is 846. The van der Waals surface area contributed by atoms with E-state index in [1.54, 1.807) is 30.3 Å². The molecule has 0 aromatic heterocycles. The van der Waals surface area contributed by atoms with E-state index >= 15 is 0 Å². The zero-order chi connectivity index (χ0) is 18.2. The van der Waals surface area contributed by atoms with Gasteiger partial charge in [0.15, 0.2) is 18.1 Å². The van der Waals surface area contributed by atoms with Crippen LogP contribution in [0.4, 0.5) is 0 Å². The number of hydrazone groups is 1. The third kappa shape index (κ3) is 5.22. The number of halogens is 1. The van der Waals surface area contributed by atoms with Gasteiger partial charge in [-0.25, -0.2) is 5.43 Å². The lowest BCUT2D eigenvalue weighted by Gasteiger charge is -2.07. The van der Waals surface area contributed by atoms with Gasteiger partial charge in [0.05, 0.1) is 18.9 Å². The Morgan fingerprint density at radius 2 is 2.16 bits per heavy atom. The summed E-state index contributed by atoms with van der Waals surface area (Å²) in [6, 6.07) is 11.6. The van der Waals surface area contributed by atoms with Gasteiger partial charge in [0.2, 0.25) is 0 Å². The second-order valence-corrected chi connectivity index (χ2v) is 5.68. The van der Waals surface area contributed by atoms with Gasteiger partial charge >= 0.3 is 0 Å². The van der Waals surface area contributed by atoms with E-state index in [0.29, 0.717) is 22.6 Å². The number of hydrogen-bond acceptors (Lipinski definition) is 6. The van der Waals surface area contributed by atoms with Crippen molar-refractivity contribution in [3.63, 3.8) is 0 Å². The van der Waals surface area contributed by atoms with Gasteiger partial charge in [0, 0.05) is 4.47 Å². The molecule has 0 unspecified atom stereocenters. The van der Waals surface area contributed by atoms with Crippen LogP contribution in [0, 0.1) is 11.3 Å². The topological polar surface area (TPSA) is 104 Å². The molecule has 0 aliphatic rings. The molecular formula is C17H14BrN3O4. The fourth-order valence-corrected chi connectivity index (χ4v) is 2.21. The first-order chi connectivity index (χ1) is 12.0. The molecule has 2 rings (SSSR count). The number of nitriles is 1. The largest absolute Gasteiger partial charge is 0.504 e. The number of benzene rings is 2. The molecule has 7 nitrogen and oxygen atoms in total. The highest BCUT2D eigenvalue weighted by Crippen LogP contribution is 2.25. The number of phenols is 1. The number of nitrogens with zero attached hydrogens (tertiary/aromatic N) is 2. The number of rotatable bonds is 6. The Balaban J connectivity index is 1.90. The monoisotopic (exact) mass is 403 g/mol. The van der Waals surface area contributed by atoms with Gasteiger partial charge in [0.25, 0.3) is 5.91 Å². The lowest BCUT2D eigenvalue weighted by atomic mass is 10.2. The molecule has 25 heavy (non-hydrogen) atoms. The second-order valence-electron chi connectivity index (χ2n) is 4.77. The molecule has 2 aromatic carbocycles. The Morgan fingerprint density at radius 3 is 2.88 bits per heavy atom. The highest BCUT2D eigenvalue weighted by Gasteiger charge is 2.07. The molecule has 1 amide bonds. The zero-order valence-corrected chi connectivity index (χ0v) is 14.8. The Kier molecular flexibility index (Phi) is 6.37. The first-order valence-electron chi connectivity index (χ1n) is 7.05. The molecule has 0 saturated carbocycles. The van der Waals surface area contributed by atoms with Crippen LogP contribution in [0.15, 0.2) is 46.0 Å². The molecule has 0 fully saturated rings. The molecule has 0 aliphatic carbocycles. The van der Waals surface area contributed by atoms with Crippen molar-refractivity contribution in [1.82, 2.24) is 5.43 Å². The van der Waals surface area contributed by atoms with E-state index < -0.39 is 5.91 Å². The molecular weight excluding hydrogens is 390 g/mol. The standard InChI is InChI=1S/C17H14BrN3O4/c1-24-16-6-11(2-4-14(16)22)9-20-21-17(23)10-25-15-5-3-13(18)7-12(15)8-19/h2-7,9,22H,10H2,1H3,(H,21,23)/b20-9-. The number of hydrogen-bond donors (Lipinski definition) is 2. The fraction of sp³-hybridized carbons (Fsp3) is 0.118. The Morgan fingerprint density at radius 1 is 1.36 bits per heavy atom. The molecule has 0 atom stereocenters. The highest BCUT2D eigenvalue weighted by molar-refractivity contribution is 9.10. The average Bonchev–Trinajstić information content (AvgIpc) is 2.61. The van der Waals surface area contributed by atoms with E-state index in [-0.39, 0.29) is 12.4 Å². The van der Waals surface area contributed by atoms with Crippen molar-refractivity contribution >= 4 is 28.1 Å². The van der Waals surface area contributed by atoms with E-state index in [4.69, 9.17) is 14.7 Å². The van der Waals surface area contributed by atoms with Gasteiger partial charge in [-0.05, 0) is 42.0 Å². The van der Waals surface area contributed by atoms with Crippen LogP contribution in [0.25, 0.3) is 0 Å². The molecule has 2 aromatic rings. The van der Waals surface area contributed by atoms with Crippen LogP contribution in [0.2, 0.25) is 0 Å². The van der Waals surface area contributed by atoms with Crippen molar-refractivity contribution in [2.45, 2.75) is 0 Å². The fourth-order valence-electron chi connectivity index (χ4n) is 1.84. The quantitative estimate of drug-likeness (QED) is 0.569. The lowest BCUT2D eigenvalue weighted by Crippen LogP contribution is -2.24. The summed E-state index contributed by atoms with van der Waals surface area (Å²) in [6.45, 7) is -0.285. The number of aromatic hydroxyl groups is 1. The predicted octanol–water partition coefficient (Wildman–Crippen LogP) is 2.56. The van der Waals surface area contributed by atoms with E-state index in [1.807, 2.05) is 6.07 Å². The minimum Gasteiger partial charge on any atom is -0.504 e. The third-order valence-electron chi connectivity index (χ3n) is 3.03. The van der Waals surface area contributed by atoms with Crippen LogP contribution in [0.3, 0.4) is 0 Å². The van der Waals surface area contributed by atoms with Crippen LogP contribution in [-0.4, -0.2) is 30.9 Å². The van der Waals surface area contributed by atoms with E-state index in [9.17, 15) is 9.90 Å². The first kappa shape index (κ1) is 18.3. The van der Waals surface area contributed by atoms with Crippen molar-refractivity contribution in [3.05, 3.63) is 52.0 Å². The molecule has 0 aliphatic heterocycles. The minimum absolute atomic E-state index is 0.0138. The first-order valence-corrected chi connectivity index (χ1v) is 7.84. The molecule has 0 spiro atoms. The molecule has 128 valence electrons. The summed E-state index contributed by atoms with van der Waals surface area (Å²) in [7, 11) is 1.44. The highest BCUT2D eigenvalue weighted by atomic mass is 79.9. The van der Waals surface area contributed by atoms with Crippen LogP contribution in [0.5, 0.6) is 17.2 Å². The maximum atomic E-state index is 11.7. The van der Waals surface area contributed by atoms with Crippen molar-refractivity contribution in [2.24, 2.45) is 5.10 Å². The van der Waals surface area contributed by atoms with E-state index in [1.165, 1.54) is 19.4 Å². The van der Waals surface area contributed by atoms with Gasteiger partial charge in [-0.2, -0.15) is 10.4 Å². The third-order valence-corrected chi connectivity index (χ3v) is 3.52. The van der Waals surface area contributed by atoms with Crippen LogP contribution < -0.4 is 14.9 Å². The van der Waals surface area contributed by atoms with Gasteiger partial charge in [-0.1, -0.05) is 15.9 Å². The van der Waals surface area contributed by atoms with E-state index in [0.717, 1.165) is 4.47 Å². The number of phenolic OH excluding ortho intramolecular Hbond substituents is 1. The lowest BCUT2D eigenvalue weighted by molar-refractivity contribution is -0.123. The summed E-state index contributed by atoms with van der Waals surface area (Å²) in [5.41, 5.74) is 3.27. The number of nitrogens with one attached hydrogen (secondary N) is 1. The zero-order valence-electron chi connectivity index (χ0n) is 13.2. The average molecular weight is 404 g/mol. The van der Waals surface area contributed by atoms with Crippen LogP contribution in [0.1, 0.15) is 11.1 Å². The summed E-state index contributed by atoms with van der Waals surface area (Å²) in [5.74, 6) is 0.152. The van der Waals surface area contributed by atoms with Gasteiger partial charge in [0.1, 0.15) is 11.8 Å². The SMILES string of the molecule is COc1cc(/C=N\NC(=O)COc2ccc(Br)cc2C#N)ccc1O. The summed E-state index contributed by atoms with van der Waals surface area (Å²) in [6.07, 6.45) is 1.40. The number of ether oxygens (including phenoxy) is 2. The van der Waals surface area contributed by atoms with Crippen LogP contribution in [-0.2, 0) is 4.79 Å². The smallest absolute Gasteiger partial charge is 0.277 e. The molecule has 0 radical (unpaired) electrons. The molecule has 0 bridgehead atoms. The summed E-state index contributed by atoms with van der Waals surface area (Å²) >= 11 is 3.26. The van der Waals surface area contributed by atoms with Gasteiger partial charge in [-0.15, -0.1) is 0 Å². The van der Waals surface area contributed by atoms with Crippen molar-refractivity contribution in [1.29, 1.82) is 5.26 Å². The van der Waals surface area contributed by atoms with Crippen molar-refractivity contribution < 1.29 is 19.4 Å². The number of carbonyl (C=O) groups is 1.